The second-order valence-corrected chi connectivity index (χ2v) is 3.06. The summed E-state index contributed by atoms with van der Waals surface area (Å²) in [4.78, 5) is 7.33. The highest BCUT2D eigenvalue weighted by Crippen LogP contribution is 2.24. The summed E-state index contributed by atoms with van der Waals surface area (Å²) in [6, 6.07) is 5.89. The van der Waals surface area contributed by atoms with Gasteiger partial charge in [-0.3, -0.25) is 5.10 Å². The molecular formula is C10H8N4. The monoisotopic (exact) mass is 184 g/mol. The van der Waals surface area contributed by atoms with Crippen molar-refractivity contribution in [3.8, 4) is 11.3 Å². The zero-order valence-corrected chi connectivity index (χ0v) is 7.36. The highest BCUT2D eigenvalue weighted by atomic mass is 15.1. The zero-order chi connectivity index (χ0) is 9.38. The van der Waals surface area contributed by atoms with Crippen LogP contribution in [0.4, 0.5) is 0 Å². The third kappa shape index (κ3) is 0.939. The molecule has 2 N–H and O–H groups in total. The molecule has 0 bridgehead atoms. The summed E-state index contributed by atoms with van der Waals surface area (Å²) in [5.41, 5.74) is 2.91. The highest BCUT2D eigenvalue weighted by Gasteiger charge is 2.06. The van der Waals surface area contributed by atoms with Gasteiger partial charge in [-0.05, 0) is 18.2 Å². The van der Waals surface area contributed by atoms with Crippen LogP contribution in [0.3, 0.4) is 0 Å². The minimum atomic E-state index is 0.894. The van der Waals surface area contributed by atoms with E-state index in [1.807, 2.05) is 30.6 Å². The summed E-state index contributed by atoms with van der Waals surface area (Å²) >= 11 is 0. The zero-order valence-electron chi connectivity index (χ0n) is 7.36. The molecule has 0 fully saturated rings. The Morgan fingerprint density at radius 3 is 3.07 bits per heavy atom. The molecule has 0 saturated carbocycles. The maximum absolute atomic E-state index is 4.22. The predicted octanol–water partition coefficient (Wildman–Crippen LogP) is 1.95. The molecule has 68 valence electrons. The molecule has 0 aliphatic heterocycles. The van der Waals surface area contributed by atoms with E-state index in [1.165, 1.54) is 0 Å². The summed E-state index contributed by atoms with van der Waals surface area (Å²) in [6.07, 6.45) is 5.51. The molecule has 4 heteroatoms. The van der Waals surface area contributed by atoms with Gasteiger partial charge in [0.25, 0.3) is 0 Å². The average Bonchev–Trinajstić information content (AvgIpc) is 2.85. The Kier molecular flexibility index (Phi) is 1.41. The number of nitrogens with zero attached hydrogens (tertiary/aromatic N) is 2. The van der Waals surface area contributed by atoms with E-state index in [1.54, 1.807) is 6.20 Å². The van der Waals surface area contributed by atoms with E-state index in [9.17, 15) is 0 Å². The van der Waals surface area contributed by atoms with Gasteiger partial charge in [0.1, 0.15) is 5.65 Å². The number of fused-ring (bicyclic) bond motifs is 1. The van der Waals surface area contributed by atoms with Gasteiger partial charge >= 0.3 is 0 Å². The Morgan fingerprint density at radius 2 is 2.21 bits per heavy atom. The number of aromatic nitrogens is 4. The normalized spacial score (nSPS) is 10.9. The van der Waals surface area contributed by atoms with Gasteiger partial charge in [0, 0.05) is 29.5 Å². The van der Waals surface area contributed by atoms with Crippen LogP contribution in [0.25, 0.3) is 22.3 Å². The maximum Gasteiger partial charge on any atom is 0.137 e. The molecule has 0 aliphatic rings. The second kappa shape index (κ2) is 2.70. The first-order valence-electron chi connectivity index (χ1n) is 4.37. The van der Waals surface area contributed by atoms with Crippen molar-refractivity contribution in [3.05, 3.63) is 36.8 Å². The number of H-pyrrole nitrogens is 2. The number of aromatic amines is 2. The van der Waals surface area contributed by atoms with Crippen LogP contribution in [-0.4, -0.2) is 20.2 Å². The van der Waals surface area contributed by atoms with Crippen molar-refractivity contribution in [3.63, 3.8) is 0 Å². The number of pyridine rings is 1. The second-order valence-electron chi connectivity index (χ2n) is 3.06. The molecule has 3 aromatic rings. The molecule has 3 rings (SSSR count). The van der Waals surface area contributed by atoms with Crippen molar-refractivity contribution in [2.75, 3.05) is 0 Å². The molecule has 0 unspecified atom stereocenters. The maximum atomic E-state index is 4.22. The van der Waals surface area contributed by atoms with Gasteiger partial charge < -0.3 is 4.98 Å². The number of nitrogens with one attached hydrogen (secondary N) is 2. The van der Waals surface area contributed by atoms with Gasteiger partial charge in [-0.25, -0.2) is 4.98 Å². The minimum absolute atomic E-state index is 0.894. The number of rotatable bonds is 1. The summed E-state index contributed by atoms with van der Waals surface area (Å²) in [5.74, 6) is 0. The van der Waals surface area contributed by atoms with Crippen LogP contribution < -0.4 is 0 Å². The largest absolute Gasteiger partial charge is 0.345 e. The van der Waals surface area contributed by atoms with Crippen LogP contribution in [-0.2, 0) is 0 Å². The van der Waals surface area contributed by atoms with Crippen LogP contribution in [0.1, 0.15) is 0 Å². The fourth-order valence-corrected chi connectivity index (χ4v) is 1.58. The molecule has 3 aromatic heterocycles. The van der Waals surface area contributed by atoms with Crippen LogP contribution in [0.15, 0.2) is 36.8 Å². The van der Waals surface area contributed by atoms with E-state index in [2.05, 4.69) is 20.2 Å². The summed E-state index contributed by atoms with van der Waals surface area (Å²) in [7, 11) is 0. The molecule has 0 amide bonds. The van der Waals surface area contributed by atoms with Crippen LogP contribution in [0, 0.1) is 0 Å². The highest BCUT2D eigenvalue weighted by molar-refractivity contribution is 5.92. The molecule has 3 heterocycles. The third-order valence-electron chi connectivity index (χ3n) is 2.23. The Labute approximate surface area is 80.0 Å². The van der Waals surface area contributed by atoms with E-state index in [0.717, 1.165) is 22.3 Å². The third-order valence-corrected chi connectivity index (χ3v) is 2.23. The Balaban J connectivity index is 2.33. The Morgan fingerprint density at radius 1 is 1.21 bits per heavy atom. The molecule has 0 radical (unpaired) electrons. The molecule has 0 aliphatic carbocycles. The van der Waals surface area contributed by atoms with Gasteiger partial charge in [-0.1, -0.05) is 0 Å². The van der Waals surface area contributed by atoms with E-state index in [0.29, 0.717) is 0 Å². The van der Waals surface area contributed by atoms with E-state index >= 15 is 0 Å². The molecular weight excluding hydrogens is 176 g/mol. The number of hydrogen-bond acceptors (Lipinski definition) is 2. The van der Waals surface area contributed by atoms with Crippen molar-refractivity contribution in [1.29, 1.82) is 0 Å². The first-order valence-corrected chi connectivity index (χ1v) is 4.37. The predicted molar refractivity (Wildman–Crippen MR) is 53.7 cm³/mol. The van der Waals surface area contributed by atoms with Crippen molar-refractivity contribution < 1.29 is 0 Å². The first kappa shape index (κ1) is 7.32. The van der Waals surface area contributed by atoms with Gasteiger partial charge in [-0.15, -0.1) is 0 Å². The lowest BCUT2D eigenvalue weighted by Gasteiger charge is -1.91. The van der Waals surface area contributed by atoms with Gasteiger partial charge in [0.15, 0.2) is 0 Å². The van der Waals surface area contributed by atoms with Crippen LogP contribution in [0.5, 0.6) is 0 Å². The standard InChI is InChI=1S/C10H8N4/c1-2-7-8(9-3-5-13-14-9)6-12-10(7)11-4-1/h1-6H,(H,11,12)(H,13,14). The molecule has 14 heavy (non-hydrogen) atoms. The van der Waals surface area contributed by atoms with E-state index in [4.69, 9.17) is 0 Å². The fraction of sp³-hybridized carbons (Fsp3) is 0. The van der Waals surface area contributed by atoms with Crippen molar-refractivity contribution in [2.24, 2.45) is 0 Å². The SMILES string of the molecule is c1cnc2[nH]cc(-c3cc[nH]n3)c2c1. The minimum Gasteiger partial charge on any atom is -0.345 e. The lowest BCUT2D eigenvalue weighted by Crippen LogP contribution is -1.76. The molecule has 0 atom stereocenters. The van der Waals surface area contributed by atoms with Gasteiger partial charge in [0.2, 0.25) is 0 Å². The van der Waals surface area contributed by atoms with Gasteiger partial charge in [0.05, 0.1) is 5.69 Å². The molecule has 0 saturated heterocycles. The Bertz CT molecular complexity index is 550. The smallest absolute Gasteiger partial charge is 0.137 e. The lowest BCUT2D eigenvalue weighted by molar-refractivity contribution is 1.10. The van der Waals surface area contributed by atoms with Crippen LogP contribution in [0.2, 0.25) is 0 Å². The quantitative estimate of drug-likeness (QED) is 0.607. The summed E-state index contributed by atoms with van der Waals surface area (Å²) in [5, 5.41) is 8.03. The molecule has 4 nitrogen and oxygen atoms in total. The summed E-state index contributed by atoms with van der Waals surface area (Å²) < 4.78 is 0. The summed E-state index contributed by atoms with van der Waals surface area (Å²) in [6.45, 7) is 0. The first-order chi connectivity index (χ1) is 6.95. The van der Waals surface area contributed by atoms with Crippen molar-refractivity contribution in [2.45, 2.75) is 0 Å². The van der Waals surface area contributed by atoms with Gasteiger partial charge in [-0.2, -0.15) is 5.10 Å². The Hall–Kier alpha value is -2.10. The van der Waals surface area contributed by atoms with Crippen LogP contribution >= 0.6 is 0 Å². The van der Waals surface area contributed by atoms with E-state index < -0.39 is 0 Å². The number of hydrogen-bond donors (Lipinski definition) is 2. The molecule has 0 aromatic carbocycles. The van der Waals surface area contributed by atoms with Crippen molar-refractivity contribution >= 4 is 11.0 Å². The topological polar surface area (TPSA) is 57.4 Å². The average molecular weight is 184 g/mol. The van der Waals surface area contributed by atoms with E-state index in [-0.39, 0.29) is 0 Å². The fourth-order valence-electron chi connectivity index (χ4n) is 1.58. The lowest BCUT2D eigenvalue weighted by atomic mass is 10.2. The van der Waals surface area contributed by atoms with Crippen molar-refractivity contribution in [1.82, 2.24) is 20.2 Å². The molecule has 0 spiro atoms.